The van der Waals surface area contributed by atoms with Crippen LogP contribution in [-0.4, -0.2) is 48.8 Å². The maximum Gasteiger partial charge on any atom is 0.235 e. The van der Waals surface area contributed by atoms with Crippen LogP contribution in [0.3, 0.4) is 0 Å². The molecule has 1 saturated heterocycles. The molecule has 0 radical (unpaired) electrons. The van der Waals surface area contributed by atoms with Crippen molar-refractivity contribution in [3.63, 3.8) is 0 Å². The second kappa shape index (κ2) is 6.17. The van der Waals surface area contributed by atoms with Gasteiger partial charge in [0.2, 0.25) is 5.91 Å². The molecule has 0 aliphatic carbocycles. The summed E-state index contributed by atoms with van der Waals surface area (Å²) in [6.45, 7) is 4.47. The fourth-order valence-electron chi connectivity index (χ4n) is 2.45. The van der Waals surface area contributed by atoms with Gasteiger partial charge in [0, 0.05) is 13.1 Å². The molecule has 110 valence electrons. The summed E-state index contributed by atoms with van der Waals surface area (Å²) in [6.07, 6.45) is 1.57. The van der Waals surface area contributed by atoms with Gasteiger partial charge in [0.25, 0.3) is 0 Å². The van der Waals surface area contributed by atoms with Crippen molar-refractivity contribution < 1.29 is 13.2 Å². The normalized spacial score (nSPS) is 19.8. The molecular weight excluding hydrogens is 284 g/mol. The number of amides is 1. The van der Waals surface area contributed by atoms with E-state index in [4.69, 9.17) is 18.0 Å². The van der Waals surface area contributed by atoms with Gasteiger partial charge in [-0.1, -0.05) is 26.1 Å². The third-order valence-corrected chi connectivity index (χ3v) is 6.04. The van der Waals surface area contributed by atoms with E-state index in [1.165, 1.54) is 0 Å². The van der Waals surface area contributed by atoms with E-state index in [2.05, 4.69) is 0 Å². The molecule has 0 aromatic carbocycles. The van der Waals surface area contributed by atoms with Crippen LogP contribution in [0.25, 0.3) is 0 Å². The lowest BCUT2D eigenvalue weighted by Gasteiger charge is -2.34. The molecule has 1 fully saturated rings. The van der Waals surface area contributed by atoms with Crippen LogP contribution in [0.4, 0.5) is 0 Å². The Morgan fingerprint density at radius 3 is 2.32 bits per heavy atom. The van der Waals surface area contributed by atoms with Crippen molar-refractivity contribution in [1.29, 1.82) is 0 Å². The molecule has 2 N–H and O–H groups in total. The van der Waals surface area contributed by atoms with Crippen molar-refractivity contribution in [3.05, 3.63) is 0 Å². The minimum Gasteiger partial charge on any atom is -0.392 e. The van der Waals surface area contributed by atoms with E-state index in [1.807, 2.05) is 13.8 Å². The van der Waals surface area contributed by atoms with Gasteiger partial charge in [-0.2, -0.15) is 0 Å². The first-order valence-corrected chi connectivity index (χ1v) is 8.81. The Morgan fingerprint density at radius 2 is 1.84 bits per heavy atom. The fraction of sp³-hybridized carbons (Fsp3) is 0.833. The minimum atomic E-state index is -3.02. The van der Waals surface area contributed by atoms with Gasteiger partial charge in [-0.05, 0) is 19.3 Å². The largest absolute Gasteiger partial charge is 0.392 e. The number of hydrogen-bond acceptors (Lipinski definition) is 4. The van der Waals surface area contributed by atoms with E-state index in [1.54, 1.807) is 4.90 Å². The fourth-order valence-corrected chi connectivity index (χ4v) is 4.10. The third-order valence-electron chi connectivity index (χ3n) is 3.93. The van der Waals surface area contributed by atoms with Crippen LogP contribution in [-0.2, 0) is 14.6 Å². The molecule has 0 atom stereocenters. The molecule has 1 aliphatic heterocycles. The Kier molecular flexibility index (Phi) is 5.32. The Hall–Kier alpha value is -0.690. The van der Waals surface area contributed by atoms with Crippen LogP contribution in [0.2, 0.25) is 0 Å². The van der Waals surface area contributed by atoms with E-state index in [0.717, 1.165) is 0 Å². The molecule has 5 nitrogen and oxygen atoms in total. The molecule has 19 heavy (non-hydrogen) atoms. The quantitative estimate of drug-likeness (QED) is 0.774. The molecule has 7 heteroatoms. The maximum atomic E-state index is 12.7. The van der Waals surface area contributed by atoms with E-state index < -0.39 is 15.3 Å². The van der Waals surface area contributed by atoms with Gasteiger partial charge < -0.3 is 10.6 Å². The number of rotatable bonds is 4. The third kappa shape index (κ3) is 3.45. The first-order chi connectivity index (χ1) is 8.79. The highest BCUT2D eigenvalue weighted by atomic mass is 32.2. The molecule has 1 rings (SSSR count). The number of carbonyl (C=O) groups is 1. The van der Waals surface area contributed by atoms with E-state index in [0.29, 0.717) is 25.8 Å². The molecule has 1 amide bonds. The predicted octanol–water partition coefficient (Wildman–Crippen LogP) is 0.726. The Labute approximate surface area is 120 Å². The SMILES string of the molecule is CCC(CC)(C(=O)N1CCCS(=O)(=O)CC1)C(N)=S. The summed E-state index contributed by atoms with van der Waals surface area (Å²) in [5.41, 5.74) is 4.93. The van der Waals surface area contributed by atoms with E-state index in [-0.39, 0.29) is 28.9 Å². The second-order valence-corrected chi connectivity index (χ2v) is 7.69. The topological polar surface area (TPSA) is 80.5 Å². The first kappa shape index (κ1) is 16.4. The molecule has 1 aliphatic rings. The predicted molar refractivity (Wildman–Crippen MR) is 79.7 cm³/mol. The van der Waals surface area contributed by atoms with Crippen molar-refractivity contribution in [3.8, 4) is 0 Å². The van der Waals surface area contributed by atoms with Gasteiger partial charge in [0.15, 0.2) is 9.84 Å². The summed E-state index contributed by atoms with van der Waals surface area (Å²) in [6, 6.07) is 0. The zero-order valence-electron chi connectivity index (χ0n) is 11.5. The van der Waals surface area contributed by atoms with E-state index in [9.17, 15) is 13.2 Å². The zero-order valence-corrected chi connectivity index (χ0v) is 13.1. The highest BCUT2D eigenvalue weighted by Crippen LogP contribution is 2.30. The number of thiocarbonyl (C=S) groups is 1. The van der Waals surface area contributed by atoms with Crippen molar-refractivity contribution in [1.82, 2.24) is 4.90 Å². The molecule has 0 aromatic heterocycles. The van der Waals surface area contributed by atoms with Crippen LogP contribution in [0.15, 0.2) is 0 Å². The van der Waals surface area contributed by atoms with Gasteiger partial charge in [-0.3, -0.25) is 4.79 Å². The highest BCUT2D eigenvalue weighted by molar-refractivity contribution is 7.91. The summed E-state index contributed by atoms with van der Waals surface area (Å²) in [5.74, 6) is 0.0522. The Balaban J connectivity index is 2.95. The molecule has 0 saturated carbocycles. The van der Waals surface area contributed by atoms with Gasteiger partial charge in [0.1, 0.15) is 0 Å². The van der Waals surface area contributed by atoms with Gasteiger partial charge in [0.05, 0.1) is 21.9 Å². The van der Waals surface area contributed by atoms with Gasteiger partial charge in [-0.15, -0.1) is 0 Å². The number of nitrogens with two attached hydrogens (primary N) is 1. The van der Waals surface area contributed by atoms with Crippen molar-refractivity contribution >= 4 is 33.0 Å². The molecular formula is C12H22N2O3S2. The Bertz CT molecular complexity index is 456. The number of hydrogen-bond donors (Lipinski definition) is 1. The maximum absolute atomic E-state index is 12.7. The molecule has 0 unspecified atom stereocenters. The summed E-state index contributed by atoms with van der Waals surface area (Å²) < 4.78 is 23.1. The van der Waals surface area contributed by atoms with Crippen LogP contribution in [0.5, 0.6) is 0 Å². The Morgan fingerprint density at radius 1 is 1.26 bits per heavy atom. The smallest absolute Gasteiger partial charge is 0.235 e. The summed E-state index contributed by atoms with van der Waals surface area (Å²) >= 11 is 5.06. The van der Waals surface area contributed by atoms with Crippen molar-refractivity contribution in [2.24, 2.45) is 11.1 Å². The average Bonchev–Trinajstić information content (AvgIpc) is 2.52. The van der Waals surface area contributed by atoms with Gasteiger partial charge in [-0.25, -0.2) is 8.42 Å². The summed E-state index contributed by atoms with van der Waals surface area (Å²) in [7, 11) is -3.02. The second-order valence-electron chi connectivity index (χ2n) is 4.95. The standard InChI is InChI=1S/C12H22N2O3S2/c1-3-12(4-2,10(13)18)11(15)14-6-5-8-19(16,17)9-7-14/h3-9H2,1-2H3,(H2,13,18). The van der Waals surface area contributed by atoms with Crippen LogP contribution < -0.4 is 5.73 Å². The number of nitrogens with zero attached hydrogens (tertiary/aromatic N) is 1. The highest BCUT2D eigenvalue weighted by Gasteiger charge is 2.41. The monoisotopic (exact) mass is 306 g/mol. The first-order valence-electron chi connectivity index (χ1n) is 6.58. The minimum absolute atomic E-state index is 0.0274. The average molecular weight is 306 g/mol. The van der Waals surface area contributed by atoms with Crippen LogP contribution in [0, 0.1) is 5.41 Å². The van der Waals surface area contributed by atoms with Crippen LogP contribution >= 0.6 is 12.2 Å². The van der Waals surface area contributed by atoms with Gasteiger partial charge >= 0.3 is 0 Å². The van der Waals surface area contributed by atoms with E-state index >= 15 is 0 Å². The summed E-state index contributed by atoms with van der Waals surface area (Å²) in [5, 5.41) is 0. The zero-order chi connectivity index (χ0) is 14.7. The number of carbonyl (C=O) groups excluding carboxylic acids is 1. The lowest BCUT2D eigenvalue weighted by Crippen LogP contribution is -2.50. The number of sulfone groups is 1. The lowest BCUT2D eigenvalue weighted by atomic mass is 9.80. The lowest BCUT2D eigenvalue weighted by molar-refractivity contribution is -0.138. The molecule has 0 aromatic rings. The molecule has 1 heterocycles. The van der Waals surface area contributed by atoms with Crippen molar-refractivity contribution in [2.75, 3.05) is 24.6 Å². The molecule has 0 bridgehead atoms. The summed E-state index contributed by atoms with van der Waals surface area (Å²) in [4.78, 5) is 14.5. The van der Waals surface area contributed by atoms with Crippen molar-refractivity contribution in [2.45, 2.75) is 33.1 Å². The van der Waals surface area contributed by atoms with Crippen LogP contribution in [0.1, 0.15) is 33.1 Å². The molecule has 0 spiro atoms.